The van der Waals surface area contributed by atoms with Crippen molar-refractivity contribution in [2.75, 3.05) is 32.9 Å². The van der Waals surface area contributed by atoms with Crippen LogP contribution in [0.1, 0.15) is 89.2 Å². The Morgan fingerprint density at radius 1 is 0.820 bits per heavy atom. The van der Waals surface area contributed by atoms with Gasteiger partial charge in [0.1, 0.15) is 24.7 Å². The van der Waals surface area contributed by atoms with Gasteiger partial charge in [-0.05, 0) is 60.3 Å². The summed E-state index contributed by atoms with van der Waals surface area (Å²) in [7, 11) is 0. The first kappa shape index (κ1) is 38.4. The van der Waals surface area contributed by atoms with Crippen LogP contribution in [0.15, 0.2) is 48.5 Å². The third-order valence-electron chi connectivity index (χ3n) is 9.22. The Kier molecular flexibility index (Phi) is 14.6. The average molecular weight is 693 g/mol. The fourth-order valence-corrected chi connectivity index (χ4v) is 6.42. The maximum Gasteiger partial charge on any atom is 0.407 e. The number of ether oxygens (including phenoxy) is 2. The molecule has 12 heteroatoms. The lowest BCUT2D eigenvalue weighted by molar-refractivity contribution is -0.144. The van der Waals surface area contributed by atoms with Crippen molar-refractivity contribution in [3.8, 4) is 11.1 Å². The number of unbranched alkanes of at least 4 members (excludes halogenated alkanes) is 1. The molecule has 0 aromatic heterocycles. The Bertz CT molecular complexity index is 1430. The van der Waals surface area contributed by atoms with Gasteiger partial charge in [0.2, 0.25) is 17.7 Å². The normalized spacial score (nSPS) is 15.7. The number of carboxylic acid groups (broad SMARTS) is 1. The maximum absolute atomic E-state index is 13.7. The second kappa shape index (κ2) is 19.1. The van der Waals surface area contributed by atoms with E-state index in [1.807, 2.05) is 69.3 Å². The second-order valence-corrected chi connectivity index (χ2v) is 13.5. The molecule has 4 N–H and O–H groups in total. The zero-order chi connectivity index (χ0) is 36.0. The second-order valence-electron chi connectivity index (χ2n) is 13.5. The molecule has 0 spiro atoms. The number of carbonyl (C=O) groups is 5. The Balaban J connectivity index is 1.43. The molecule has 0 radical (unpaired) electrons. The molecule has 2 aromatic carbocycles. The Labute approximate surface area is 294 Å². The van der Waals surface area contributed by atoms with Gasteiger partial charge < -0.3 is 35.4 Å². The van der Waals surface area contributed by atoms with E-state index in [2.05, 4.69) is 16.0 Å². The molecule has 2 aromatic rings. The van der Waals surface area contributed by atoms with Crippen LogP contribution >= 0.6 is 0 Å². The van der Waals surface area contributed by atoms with E-state index >= 15 is 0 Å². The van der Waals surface area contributed by atoms with Crippen LogP contribution in [0.2, 0.25) is 0 Å². The highest BCUT2D eigenvalue weighted by atomic mass is 16.5. The lowest BCUT2D eigenvalue weighted by atomic mass is 9.98. The SMILES string of the molecule is CCCC[C@H](NC(=O)OCC1c2ccccc2-c2ccccc21)C(=O)N[C@@H](COCCC(C)C)C(=O)N[C@@H](CC(=O)O)C(=O)N1CCCCC1. The van der Waals surface area contributed by atoms with Crippen molar-refractivity contribution in [2.45, 2.75) is 96.2 Å². The molecular weight excluding hydrogens is 640 g/mol. The van der Waals surface area contributed by atoms with Gasteiger partial charge in [-0.25, -0.2) is 4.79 Å². The monoisotopic (exact) mass is 692 g/mol. The summed E-state index contributed by atoms with van der Waals surface area (Å²) in [6, 6.07) is 12.4. The van der Waals surface area contributed by atoms with Gasteiger partial charge in [-0.1, -0.05) is 82.1 Å². The largest absolute Gasteiger partial charge is 0.481 e. The van der Waals surface area contributed by atoms with E-state index in [1.165, 1.54) is 0 Å². The number of amides is 4. The number of benzene rings is 2. The summed E-state index contributed by atoms with van der Waals surface area (Å²) in [4.78, 5) is 67.0. The molecule has 0 bridgehead atoms. The topological polar surface area (TPSA) is 163 Å². The number of carboxylic acids is 1. The summed E-state index contributed by atoms with van der Waals surface area (Å²) in [5.41, 5.74) is 4.32. The molecule has 2 aliphatic rings. The summed E-state index contributed by atoms with van der Waals surface area (Å²) in [5, 5.41) is 17.5. The first-order valence-corrected chi connectivity index (χ1v) is 17.9. The van der Waals surface area contributed by atoms with Gasteiger partial charge in [-0.15, -0.1) is 0 Å². The van der Waals surface area contributed by atoms with Crippen molar-refractivity contribution in [1.82, 2.24) is 20.9 Å². The van der Waals surface area contributed by atoms with Crippen LogP contribution in [-0.2, 0) is 28.7 Å². The highest BCUT2D eigenvalue weighted by Crippen LogP contribution is 2.44. The molecule has 4 rings (SSSR count). The average Bonchev–Trinajstić information content (AvgIpc) is 3.43. The zero-order valence-electron chi connectivity index (χ0n) is 29.5. The number of aliphatic carboxylic acids is 1. The summed E-state index contributed by atoms with van der Waals surface area (Å²) in [6.45, 7) is 7.22. The van der Waals surface area contributed by atoms with Crippen molar-refractivity contribution in [1.29, 1.82) is 0 Å². The first-order chi connectivity index (χ1) is 24.1. The molecule has 1 aliphatic carbocycles. The number of alkyl carbamates (subject to hydrolysis) is 1. The first-order valence-electron chi connectivity index (χ1n) is 17.9. The van der Waals surface area contributed by atoms with Gasteiger partial charge in [0.25, 0.3) is 0 Å². The van der Waals surface area contributed by atoms with Crippen molar-refractivity contribution in [3.05, 3.63) is 59.7 Å². The predicted molar refractivity (Wildman–Crippen MR) is 188 cm³/mol. The van der Waals surface area contributed by atoms with Gasteiger partial charge in [-0.3, -0.25) is 19.2 Å². The van der Waals surface area contributed by atoms with Gasteiger partial charge in [0, 0.05) is 25.6 Å². The number of carbonyl (C=O) groups excluding carboxylic acids is 4. The Morgan fingerprint density at radius 3 is 2.02 bits per heavy atom. The highest BCUT2D eigenvalue weighted by Gasteiger charge is 2.34. The molecule has 12 nitrogen and oxygen atoms in total. The molecule has 1 heterocycles. The van der Waals surface area contributed by atoms with Crippen LogP contribution < -0.4 is 16.0 Å². The minimum atomic E-state index is -1.30. The van der Waals surface area contributed by atoms with Crippen LogP contribution in [0, 0.1) is 5.92 Å². The van der Waals surface area contributed by atoms with Crippen LogP contribution in [0.3, 0.4) is 0 Å². The van der Waals surface area contributed by atoms with E-state index in [1.54, 1.807) is 4.90 Å². The summed E-state index contributed by atoms with van der Waals surface area (Å²) in [5.74, 6) is -2.87. The minimum absolute atomic E-state index is 0.0761. The lowest BCUT2D eigenvalue weighted by Gasteiger charge is -2.31. The van der Waals surface area contributed by atoms with E-state index in [0.29, 0.717) is 38.5 Å². The summed E-state index contributed by atoms with van der Waals surface area (Å²) in [6.07, 6.45) is 3.62. The molecule has 1 fully saturated rings. The van der Waals surface area contributed by atoms with Crippen LogP contribution in [0.5, 0.6) is 0 Å². The standard InChI is InChI=1S/C38H52N4O8/c1-4-5-17-31(41-38(48)50-23-30-28-15-9-7-13-26(28)27-14-8-10-16-29(27)30)35(45)40-33(24-49-21-18-25(2)3)36(46)39-32(22-34(43)44)37(47)42-19-11-6-12-20-42/h7-10,13-16,25,30-33H,4-6,11-12,17-24H2,1-3H3,(H,39,46)(H,40,45)(H,41,48)(H,43,44)/t31-,32-,33-/m0/s1. The zero-order valence-corrected chi connectivity index (χ0v) is 29.5. The van der Waals surface area contributed by atoms with Gasteiger partial charge >= 0.3 is 12.1 Å². The molecule has 1 saturated heterocycles. The number of nitrogens with zero attached hydrogens (tertiary/aromatic N) is 1. The fraction of sp³-hybridized carbons (Fsp3) is 0.553. The lowest BCUT2D eigenvalue weighted by Crippen LogP contribution is -2.59. The number of piperidine rings is 1. The highest BCUT2D eigenvalue weighted by molar-refractivity contribution is 5.95. The van der Waals surface area contributed by atoms with E-state index in [0.717, 1.165) is 54.4 Å². The van der Waals surface area contributed by atoms with Crippen molar-refractivity contribution in [3.63, 3.8) is 0 Å². The fourth-order valence-electron chi connectivity index (χ4n) is 6.42. The molecule has 0 unspecified atom stereocenters. The van der Waals surface area contributed by atoms with Crippen molar-refractivity contribution < 1.29 is 38.6 Å². The van der Waals surface area contributed by atoms with E-state index in [9.17, 15) is 29.1 Å². The van der Waals surface area contributed by atoms with Crippen LogP contribution in [0.4, 0.5) is 4.79 Å². The molecule has 50 heavy (non-hydrogen) atoms. The quantitative estimate of drug-likeness (QED) is 0.165. The number of hydrogen-bond donors (Lipinski definition) is 4. The third kappa shape index (κ3) is 10.8. The number of fused-ring (bicyclic) bond motifs is 3. The van der Waals surface area contributed by atoms with Crippen molar-refractivity contribution in [2.24, 2.45) is 5.92 Å². The molecule has 3 atom stereocenters. The van der Waals surface area contributed by atoms with E-state index in [-0.39, 0.29) is 19.1 Å². The smallest absolute Gasteiger partial charge is 0.407 e. The van der Waals surface area contributed by atoms with Crippen LogP contribution in [0.25, 0.3) is 11.1 Å². The molecule has 1 aliphatic heterocycles. The maximum atomic E-state index is 13.7. The number of nitrogens with one attached hydrogen (secondary N) is 3. The van der Waals surface area contributed by atoms with E-state index < -0.39 is 54.3 Å². The van der Waals surface area contributed by atoms with Gasteiger partial charge in [0.05, 0.1) is 13.0 Å². The molecule has 272 valence electrons. The predicted octanol–water partition coefficient (Wildman–Crippen LogP) is 4.60. The Morgan fingerprint density at radius 2 is 1.42 bits per heavy atom. The summed E-state index contributed by atoms with van der Waals surface area (Å²) < 4.78 is 11.5. The molecular formula is C38H52N4O8. The molecule has 4 amide bonds. The van der Waals surface area contributed by atoms with E-state index in [4.69, 9.17) is 9.47 Å². The van der Waals surface area contributed by atoms with Crippen LogP contribution in [-0.4, -0.2) is 90.8 Å². The summed E-state index contributed by atoms with van der Waals surface area (Å²) >= 11 is 0. The van der Waals surface area contributed by atoms with Gasteiger partial charge in [-0.2, -0.15) is 0 Å². The van der Waals surface area contributed by atoms with Crippen molar-refractivity contribution >= 4 is 29.8 Å². The number of likely N-dealkylation sites (tertiary alicyclic amines) is 1. The Hall–Kier alpha value is -4.45. The molecule has 0 saturated carbocycles. The van der Waals surface area contributed by atoms with Gasteiger partial charge in [0.15, 0.2) is 0 Å². The minimum Gasteiger partial charge on any atom is -0.481 e. The third-order valence-corrected chi connectivity index (χ3v) is 9.22. The number of rotatable bonds is 18. The number of hydrogen-bond acceptors (Lipinski definition) is 7.